The largest absolute Gasteiger partial charge is 0.255 e. The molecule has 0 radical (unpaired) electrons. The molecular formula is C13H10N2. The first kappa shape index (κ1) is 8.36. The first-order valence-corrected chi connectivity index (χ1v) is 4.99. The molecule has 1 aromatic heterocycles. The van der Waals surface area contributed by atoms with Crippen molar-refractivity contribution in [2.45, 2.75) is 6.42 Å². The Bertz CT molecular complexity index is 482. The summed E-state index contributed by atoms with van der Waals surface area (Å²) < 4.78 is 0. The van der Waals surface area contributed by atoms with Gasteiger partial charge >= 0.3 is 0 Å². The fraction of sp³-hybridized carbons (Fsp3) is 0.0769. The van der Waals surface area contributed by atoms with Gasteiger partial charge in [0.05, 0.1) is 17.6 Å². The number of aromatic nitrogens is 1. The van der Waals surface area contributed by atoms with Crippen molar-refractivity contribution in [1.82, 2.24) is 4.98 Å². The normalized spacial score (nSPS) is 12.8. The third-order valence-electron chi connectivity index (χ3n) is 2.62. The molecule has 0 saturated heterocycles. The number of aliphatic imine (C=N–C) groups is 1. The van der Waals surface area contributed by atoms with Crippen molar-refractivity contribution in [3.8, 4) is 0 Å². The van der Waals surface area contributed by atoms with Crippen molar-refractivity contribution in [2.75, 3.05) is 0 Å². The van der Waals surface area contributed by atoms with E-state index in [9.17, 15) is 0 Å². The average molecular weight is 194 g/mol. The van der Waals surface area contributed by atoms with Crippen molar-refractivity contribution in [1.29, 1.82) is 0 Å². The van der Waals surface area contributed by atoms with Gasteiger partial charge in [0.2, 0.25) is 0 Å². The average Bonchev–Trinajstić information content (AvgIpc) is 2.48. The molecule has 2 heterocycles. The molecule has 0 spiro atoms. The standard InChI is InChI=1S/C13H10N2/c1-2-6-12-10(4-1)8-11-5-3-7-14-13(11)9-15-12/h1-7,9H,8H2. The van der Waals surface area contributed by atoms with Gasteiger partial charge in [0.1, 0.15) is 0 Å². The van der Waals surface area contributed by atoms with Gasteiger partial charge in [-0.2, -0.15) is 0 Å². The van der Waals surface area contributed by atoms with Gasteiger partial charge in [-0.3, -0.25) is 9.98 Å². The summed E-state index contributed by atoms with van der Waals surface area (Å²) in [6.07, 6.45) is 4.57. The number of para-hydroxylation sites is 1. The smallest absolute Gasteiger partial charge is 0.0847 e. The molecule has 15 heavy (non-hydrogen) atoms. The molecule has 3 rings (SSSR count). The van der Waals surface area contributed by atoms with E-state index in [0.717, 1.165) is 17.8 Å². The molecule has 0 saturated carbocycles. The van der Waals surface area contributed by atoms with E-state index in [1.165, 1.54) is 11.1 Å². The number of fused-ring (bicyclic) bond motifs is 2. The van der Waals surface area contributed by atoms with Gasteiger partial charge < -0.3 is 0 Å². The highest BCUT2D eigenvalue weighted by molar-refractivity contribution is 5.83. The lowest BCUT2D eigenvalue weighted by Gasteiger charge is -2.03. The van der Waals surface area contributed by atoms with E-state index in [4.69, 9.17) is 0 Å². The van der Waals surface area contributed by atoms with E-state index >= 15 is 0 Å². The summed E-state index contributed by atoms with van der Waals surface area (Å²) >= 11 is 0. The minimum Gasteiger partial charge on any atom is -0.255 e. The summed E-state index contributed by atoms with van der Waals surface area (Å²) in [6.45, 7) is 0. The molecular weight excluding hydrogens is 184 g/mol. The maximum atomic E-state index is 4.44. The maximum absolute atomic E-state index is 4.44. The second kappa shape index (κ2) is 3.31. The predicted octanol–water partition coefficient (Wildman–Crippen LogP) is 2.74. The molecule has 0 bridgehead atoms. The van der Waals surface area contributed by atoms with Gasteiger partial charge in [-0.15, -0.1) is 0 Å². The van der Waals surface area contributed by atoms with Crippen molar-refractivity contribution in [3.05, 3.63) is 59.4 Å². The summed E-state index contributed by atoms with van der Waals surface area (Å²) in [4.78, 5) is 8.75. The van der Waals surface area contributed by atoms with Crippen LogP contribution in [0.15, 0.2) is 47.6 Å². The Labute approximate surface area is 88.3 Å². The molecule has 1 aliphatic heterocycles. The lowest BCUT2D eigenvalue weighted by atomic mass is 10.0. The molecule has 0 atom stereocenters. The fourth-order valence-electron chi connectivity index (χ4n) is 1.84. The van der Waals surface area contributed by atoms with Crippen LogP contribution in [0.3, 0.4) is 0 Å². The van der Waals surface area contributed by atoms with Crippen molar-refractivity contribution >= 4 is 11.9 Å². The lowest BCUT2D eigenvalue weighted by molar-refractivity contribution is 1.14. The molecule has 2 nitrogen and oxygen atoms in total. The highest BCUT2D eigenvalue weighted by Crippen LogP contribution is 2.25. The minimum atomic E-state index is 0.916. The first-order chi connectivity index (χ1) is 7.43. The Morgan fingerprint density at radius 2 is 1.80 bits per heavy atom. The number of benzene rings is 1. The van der Waals surface area contributed by atoms with Crippen LogP contribution in [0.2, 0.25) is 0 Å². The van der Waals surface area contributed by atoms with Crippen LogP contribution in [-0.4, -0.2) is 11.2 Å². The Morgan fingerprint density at radius 1 is 0.933 bits per heavy atom. The maximum Gasteiger partial charge on any atom is 0.0847 e. The van der Waals surface area contributed by atoms with Crippen molar-refractivity contribution in [2.24, 2.45) is 4.99 Å². The molecule has 72 valence electrons. The highest BCUT2D eigenvalue weighted by atomic mass is 14.8. The number of rotatable bonds is 0. The van der Waals surface area contributed by atoms with Crippen LogP contribution in [0, 0.1) is 0 Å². The van der Waals surface area contributed by atoms with Crippen LogP contribution in [0.25, 0.3) is 0 Å². The quantitative estimate of drug-likeness (QED) is 0.540. The molecule has 1 aromatic carbocycles. The van der Waals surface area contributed by atoms with Crippen LogP contribution >= 0.6 is 0 Å². The van der Waals surface area contributed by atoms with Gasteiger partial charge in [0.25, 0.3) is 0 Å². The summed E-state index contributed by atoms with van der Waals surface area (Å²) in [7, 11) is 0. The van der Waals surface area contributed by atoms with E-state index in [2.05, 4.69) is 28.2 Å². The van der Waals surface area contributed by atoms with Crippen LogP contribution < -0.4 is 0 Å². The van der Waals surface area contributed by atoms with Gasteiger partial charge in [0, 0.05) is 12.6 Å². The van der Waals surface area contributed by atoms with E-state index in [0.29, 0.717) is 0 Å². The van der Waals surface area contributed by atoms with Crippen LogP contribution in [0.5, 0.6) is 0 Å². The van der Waals surface area contributed by atoms with E-state index in [-0.39, 0.29) is 0 Å². The van der Waals surface area contributed by atoms with Crippen molar-refractivity contribution in [3.63, 3.8) is 0 Å². The number of pyridine rings is 1. The molecule has 0 amide bonds. The summed E-state index contributed by atoms with van der Waals surface area (Å²) in [6, 6.07) is 12.3. The second-order valence-corrected chi connectivity index (χ2v) is 3.61. The summed E-state index contributed by atoms with van der Waals surface area (Å²) in [5, 5.41) is 0. The molecule has 2 aromatic rings. The van der Waals surface area contributed by atoms with Gasteiger partial charge in [-0.25, -0.2) is 0 Å². The van der Waals surface area contributed by atoms with E-state index in [1.54, 1.807) is 6.20 Å². The number of nitrogens with zero attached hydrogens (tertiary/aromatic N) is 2. The Hall–Kier alpha value is -1.96. The topological polar surface area (TPSA) is 25.2 Å². The van der Waals surface area contributed by atoms with Crippen LogP contribution in [0.4, 0.5) is 5.69 Å². The third kappa shape index (κ3) is 1.44. The zero-order valence-electron chi connectivity index (χ0n) is 8.22. The van der Waals surface area contributed by atoms with Gasteiger partial charge in [-0.05, 0) is 23.3 Å². The van der Waals surface area contributed by atoms with E-state index in [1.807, 2.05) is 24.4 Å². The Balaban J connectivity index is 2.19. The predicted molar refractivity (Wildman–Crippen MR) is 60.7 cm³/mol. The molecule has 0 fully saturated rings. The number of hydrogen-bond donors (Lipinski definition) is 0. The summed E-state index contributed by atoms with van der Waals surface area (Å²) in [5.74, 6) is 0. The van der Waals surface area contributed by atoms with Crippen LogP contribution in [-0.2, 0) is 6.42 Å². The molecule has 0 N–H and O–H groups in total. The van der Waals surface area contributed by atoms with Crippen LogP contribution in [0.1, 0.15) is 16.8 Å². The number of hydrogen-bond acceptors (Lipinski definition) is 2. The van der Waals surface area contributed by atoms with Gasteiger partial charge in [0.15, 0.2) is 0 Å². The first-order valence-electron chi connectivity index (χ1n) is 4.99. The highest BCUT2D eigenvalue weighted by Gasteiger charge is 2.09. The zero-order chi connectivity index (χ0) is 10.1. The molecule has 0 unspecified atom stereocenters. The Kier molecular flexibility index (Phi) is 1.85. The minimum absolute atomic E-state index is 0.916. The third-order valence-corrected chi connectivity index (χ3v) is 2.62. The van der Waals surface area contributed by atoms with Gasteiger partial charge in [-0.1, -0.05) is 24.3 Å². The SMILES string of the molecule is C1=Nc2ccccc2Cc2cccnc21. The fourth-order valence-corrected chi connectivity index (χ4v) is 1.84. The summed E-state index contributed by atoms with van der Waals surface area (Å²) in [5.41, 5.74) is 4.54. The van der Waals surface area contributed by atoms with E-state index < -0.39 is 0 Å². The lowest BCUT2D eigenvalue weighted by Crippen LogP contribution is -1.94. The monoisotopic (exact) mass is 194 g/mol. The van der Waals surface area contributed by atoms with Crippen molar-refractivity contribution < 1.29 is 0 Å². The molecule has 2 heteroatoms. The molecule has 1 aliphatic rings. The second-order valence-electron chi connectivity index (χ2n) is 3.61. The molecule has 0 aliphatic carbocycles. The Morgan fingerprint density at radius 3 is 2.80 bits per heavy atom. The zero-order valence-corrected chi connectivity index (χ0v) is 8.22.